The van der Waals surface area contributed by atoms with Crippen LogP contribution in [0.3, 0.4) is 0 Å². The number of halogens is 1. The van der Waals surface area contributed by atoms with Crippen LogP contribution in [0, 0.1) is 6.92 Å². The first-order valence-electron chi connectivity index (χ1n) is 5.22. The summed E-state index contributed by atoms with van der Waals surface area (Å²) in [6.07, 6.45) is 0. The van der Waals surface area contributed by atoms with Crippen molar-refractivity contribution in [2.24, 2.45) is 0 Å². The van der Waals surface area contributed by atoms with Crippen molar-refractivity contribution >= 4 is 27.3 Å². The van der Waals surface area contributed by atoms with Crippen molar-refractivity contribution < 1.29 is 0 Å². The van der Waals surface area contributed by atoms with E-state index in [0.717, 1.165) is 17.6 Å². The molecule has 0 bridgehead atoms. The fourth-order valence-corrected chi connectivity index (χ4v) is 2.86. The smallest absolute Gasteiger partial charge is 0.0219 e. The lowest BCUT2D eigenvalue weighted by atomic mass is 10.2. The number of aryl methyl sites for hydroxylation is 1. The number of hydrogen-bond acceptors (Lipinski definition) is 2. The Morgan fingerprint density at radius 3 is 2.81 bits per heavy atom. The summed E-state index contributed by atoms with van der Waals surface area (Å²) in [5.41, 5.74) is 4.09. The zero-order valence-electron chi connectivity index (χ0n) is 9.16. The van der Waals surface area contributed by atoms with Crippen LogP contribution in [0.25, 0.3) is 0 Å². The van der Waals surface area contributed by atoms with Crippen LogP contribution in [0.15, 0.2) is 39.5 Å². The van der Waals surface area contributed by atoms with Crippen molar-refractivity contribution in [2.75, 3.05) is 0 Å². The van der Waals surface area contributed by atoms with Gasteiger partial charge < -0.3 is 5.32 Å². The standard InChI is InChI=1S/C13H14BrNS/c1-10-8-16-9-12(10)7-15-6-11-3-2-4-13(14)5-11/h2-5,8-9,15H,6-7H2,1H3. The van der Waals surface area contributed by atoms with Gasteiger partial charge in [0.1, 0.15) is 0 Å². The molecule has 1 aromatic heterocycles. The quantitative estimate of drug-likeness (QED) is 0.895. The van der Waals surface area contributed by atoms with E-state index in [4.69, 9.17) is 0 Å². The maximum absolute atomic E-state index is 3.48. The molecule has 16 heavy (non-hydrogen) atoms. The molecule has 0 aliphatic rings. The molecule has 1 heterocycles. The molecule has 0 saturated heterocycles. The Kier molecular flexibility index (Phi) is 4.16. The summed E-state index contributed by atoms with van der Waals surface area (Å²) in [6.45, 7) is 4.02. The average Bonchev–Trinajstić information content (AvgIpc) is 2.65. The molecule has 84 valence electrons. The number of thiophene rings is 1. The predicted molar refractivity (Wildman–Crippen MR) is 73.7 cm³/mol. The molecule has 0 spiro atoms. The normalized spacial score (nSPS) is 10.6. The molecule has 3 heteroatoms. The maximum atomic E-state index is 3.48. The van der Waals surface area contributed by atoms with Crippen LogP contribution < -0.4 is 5.32 Å². The number of nitrogens with one attached hydrogen (secondary N) is 1. The molecule has 0 atom stereocenters. The van der Waals surface area contributed by atoms with E-state index >= 15 is 0 Å². The first-order chi connectivity index (χ1) is 7.75. The zero-order valence-corrected chi connectivity index (χ0v) is 11.6. The molecule has 0 fully saturated rings. The summed E-state index contributed by atoms with van der Waals surface area (Å²) in [7, 11) is 0. The van der Waals surface area contributed by atoms with E-state index in [0.29, 0.717) is 0 Å². The van der Waals surface area contributed by atoms with Crippen molar-refractivity contribution in [1.29, 1.82) is 0 Å². The van der Waals surface area contributed by atoms with Crippen molar-refractivity contribution in [1.82, 2.24) is 5.32 Å². The van der Waals surface area contributed by atoms with Crippen LogP contribution in [0.2, 0.25) is 0 Å². The monoisotopic (exact) mass is 295 g/mol. The second-order valence-electron chi connectivity index (χ2n) is 3.81. The van der Waals surface area contributed by atoms with E-state index in [-0.39, 0.29) is 0 Å². The van der Waals surface area contributed by atoms with Crippen LogP contribution in [-0.4, -0.2) is 0 Å². The van der Waals surface area contributed by atoms with Crippen molar-refractivity contribution in [3.63, 3.8) is 0 Å². The molecule has 2 rings (SSSR count). The Labute approximate surface area is 109 Å². The molecular weight excluding hydrogens is 282 g/mol. The fraction of sp³-hybridized carbons (Fsp3) is 0.231. The van der Waals surface area contributed by atoms with Gasteiger partial charge in [-0.1, -0.05) is 28.1 Å². The molecule has 0 aliphatic carbocycles. The second kappa shape index (κ2) is 5.62. The topological polar surface area (TPSA) is 12.0 Å². The SMILES string of the molecule is Cc1cscc1CNCc1cccc(Br)c1. The Morgan fingerprint density at radius 1 is 1.25 bits per heavy atom. The van der Waals surface area contributed by atoms with E-state index in [2.05, 4.69) is 57.1 Å². The second-order valence-corrected chi connectivity index (χ2v) is 5.47. The van der Waals surface area contributed by atoms with E-state index in [1.165, 1.54) is 16.7 Å². The largest absolute Gasteiger partial charge is 0.309 e. The molecule has 0 aliphatic heterocycles. The maximum Gasteiger partial charge on any atom is 0.0219 e. The van der Waals surface area contributed by atoms with E-state index in [1.807, 2.05) is 6.07 Å². The minimum absolute atomic E-state index is 0.911. The predicted octanol–water partition coefficient (Wildman–Crippen LogP) is 4.11. The Bertz CT molecular complexity index is 464. The number of benzene rings is 1. The van der Waals surface area contributed by atoms with Gasteiger partial charge in [-0.25, -0.2) is 0 Å². The van der Waals surface area contributed by atoms with E-state index in [9.17, 15) is 0 Å². The Morgan fingerprint density at radius 2 is 2.12 bits per heavy atom. The first-order valence-corrected chi connectivity index (χ1v) is 6.96. The van der Waals surface area contributed by atoms with Crippen molar-refractivity contribution in [3.05, 3.63) is 56.2 Å². The summed E-state index contributed by atoms with van der Waals surface area (Å²) in [6, 6.07) is 8.40. The Balaban J connectivity index is 1.87. The van der Waals surface area contributed by atoms with Crippen LogP contribution in [0.1, 0.15) is 16.7 Å². The lowest BCUT2D eigenvalue weighted by Crippen LogP contribution is -2.12. The van der Waals surface area contributed by atoms with Gasteiger partial charge in [0.2, 0.25) is 0 Å². The van der Waals surface area contributed by atoms with Gasteiger partial charge in [0, 0.05) is 17.6 Å². The molecule has 0 amide bonds. The van der Waals surface area contributed by atoms with Gasteiger partial charge >= 0.3 is 0 Å². The summed E-state index contributed by atoms with van der Waals surface area (Å²) in [4.78, 5) is 0. The van der Waals surface area contributed by atoms with Crippen LogP contribution in [-0.2, 0) is 13.1 Å². The van der Waals surface area contributed by atoms with Gasteiger partial charge in [0.15, 0.2) is 0 Å². The zero-order chi connectivity index (χ0) is 11.4. The van der Waals surface area contributed by atoms with Gasteiger partial charge in [0.25, 0.3) is 0 Å². The van der Waals surface area contributed by atoms with Crippen molar-refractivity contribution in [3.8, 4) is 0 Å². The lowest BCUT2D eigenvalue weighted by Gasteiger charge is -2.05. The van der Waals surface area contributed by atoms with E-state index < -0.39 is 0 Å². The van der Waals surface area contributed by atoms with Gasteiger partial charge in [-0.15, -0.1) is 0 Å². The van der Waals surface area contributed by atoms with Gasteiger partial charge in [-0.3, -0.25) is 0 Å². The van der Waals surface area contributed by atoms with Gasteiger partial charge in [-0.2, -0.15) is 11.3 Å². The van der Waals surface area contributed by atoms with E-state index in [1.54, 1.807) is 11.3 Å². The first kappa shape index (κ1) is 11.8. The number of rotatable bonds is 4. The Hall–Kier alpha value is -0.640. The molecular formula is C13H14BrNS. The molecule has 0 radical (unpaired) electrons. The third-order valence-corrected chi connectivity index (χ3v) is 3.90. The highest BCUT2D eigenvalue weighted by Crippen LogP contribution is 2.14. The fourth-order valence-electron chi connectivity index (χ4n) is 1.56. The molecule has 1 N–H and O–H groups in total. The summed E-state index contributed by atoms with van der Waals surface area (Å²) < 4.78 is 1.14. The highest BCUT2D eigenvalue weighted by atomic mass is 79.9. The molecule has 2 aromatic rings. The number of hydrogen-bond donors (Lipinski definition) is 1. The minimum Gasteiger partial charge on any atom is -0.309 e. The summed E-state index contributed by atoms with van der Waals surface area (Å²) in [5.74, 6) is 0. The van der Waals surface area contributed by atoms with Crippen LogP contribution in [0.4, 0.5) is 0 Å². The molecule has 0 unspecified atom stereocenters. The average molecular weight is 296 g/mol. The molecule has 1 aromatic carbocycles. The summed E-state index contributed by atoms with van der Waals surface area (Å²) in [5, 5.41) is 7.86. The van der Waals surface area contributed by atoms with Gasteiger partial charge in [0.05, 0.1) is 0 Å². The van der Waals surface area contributed by atoms with Gasteiger partial charge in [-0.05, 0) is 46.5 Å². The third-order valence-electron chi connectivity index (χ3n) is 2.50. The van der Waals surface area contributed by atoms with Crippen molar-refractivity contribution in [2.45, 2.75) is 20.0 Å². The molecule has 0 saturated carbocycles. The van der Waals surface area contributed by atoms with Crippen LogP contribution in [0.5, 0.6) is 0 Å². The lowest BCUT2D eigenvalue weighted by molar-refractivity contribution is 0.692. The minimum atomic E-state index is 0.911. The highest BCUT2D eigenvalue weighted by molar-refractivity contribution is 9.10. The highest BCUT2D eigenvalue weighted by Gasteiger charge is 1.99. The summed E-state index contributed by atoms with van der Waals surface area (Å²) >= 11 is 5.25. The third kappa shape index (κ3) is 3.17. The molecule has 1 nitrogen and oxygen atoms in total. The van der Waals surface area contributed by atoms with Crippen LogP contribution >= 0.6 is 27.3 Å².